The molecule has 0 aliphatic heterocycles. The molecular formula is C28H20F2N4O2. The van der Waals surface area contributed by atoms with Gasteiger partial charge in [0.2, 0.25) is 0 Å². The quantitative estimate of drug-likeness (QED) is 0.307. The largest absolute Gasteiger partial charge is 0.454 e. The summed E-state index contributed by atoms with van der Waals surface area (Å²) < 4.78 is 35.4. The molecule has 6 nitrogen and oxygen atoms in total. The molecule has 2 N–H and O–H groups in total. The number of ether oxygens (including phenoxy) is 1. The Morgan fingerprint density at radius 2 is 1.78 bits per heavy atom. The molecule has 0 radical (unpaired) electrons. The van der Waals surface area contributed by atoms with Crippen molar-refractivity contribution in [1.29, 1.82) is 5.26 Å². The number of nitriles is 1. The van der Waals surface area contributed by atoms with E-state index < -0.39 is 11.6 Å². The number of aromatic nitrogens is 2. The molecule has 2 aromatic heterocycles. The van der Waals surface area contributed by atoms with E-state index in [0.717, 1.165) is 28.9 Å². The Bertz CT molecular complexity index is 1680. The van der Waals surface area contributed by atoms with Gasteiger partial charge in [-0.1, -0.05) is 12.1 Å². The number of aromatic amines is 1. The number of aryl methyl sites for hydroxylation is 1. The van der Waals surface area contributed by atoms with Crippen molar-refractivity contribution in [1.82, 2.24) is 9.55 Å². The van der Waals surface area contributed by atoms with Crippen LogP contribution in [0.1, 0.15) is 11.1 Å². The number of benzene rings is 3. The summed E-state index contributed by atoms with van der Waals surface area (Å²) >= 11 is 0. The third-order valence-electron chi connectivity index (χ3n) is 5.86. The van der Waals surface area contributed by atoms with Crippen molar-refractivity contribution >= 4 is 16.6 Å². The number of fused-ring (bicyclic) bond motifs is 1. The van der Waals surface area contributed by atoms with Crippen LogP contribution >= 0.6 is 0 Å². The highest BCUT2D eigenvalue weighted by Gasteiger charge is 2.17. The van der Waals surface area contributed by atoms with Gasteiger partial charge in [0.05, 0.1) is 11.6 Å². The van der Waals surface area contributed by atoms with Crippen LogP contribution < -0.4 is 15.6 Å². The smallest absolute Gasteiger partial charge is 0.272 e. The fourth-order valence-corrected chi connectivity index (χ4v) is 4.10. The van der Waals surface area contributed by atoms with Crippen LogP contribution in [0.15, 0.2) is 83.9 Å². The van der Waals surface area contributed by atoms with Crippen LogP contribution in [0, 0.1) is 23.0 Å². The first-order valence-corrected chi connectivity index (χ1v) is 11.1. The summed E-state index contributed by atoms with van der Waals surface area (Å²) in [6.45, 7) is 0.507. The second-order valence-electron chi connectivity index (χ2n) is 8.27. The number of hydrogen-bond acceptors (Lipinski definition) is 4. The van der Waals surface area contributed by atoms with Gasteiger partial charge < -0.3 is 19.6 Å². The van der Waals surface area contributed by atoms with E-state index in [4.69, 9.17) is 10.00 Å². The van der Waals surface area contributed by atoms with E-state index in [1.54, 1.807) is 48.1 Å². The van der Waals surface area contributed by atoms with Gasteiger partial charge >= 0.3 is 0 Å². The number of pyridine rings is 1. The summed E-state index contributed by atoms with van der Waals surface area (Å²) in [5.74, 6) is -1.29. The zero-order chi connectivity index (χ0) is 25.2. The summed E-state index contributed by atoms with van der Waals surface area (Å²) in [6, 6.07) is 19.6. The summed E-state index contributed by atoms with van der Waals surface area (Å²) in [5.41, 5.74) is 3.94. The number of nitrogens with one attached hydrogen (secondary N) is 2. The van der Waals surface area contributed by atoms with Crippen molar-refractivity contribution in [3.63, 3.8) is 0 Å². The van der Waals surface area contributed by atoms with E-state index in [-0.39, 0.29) is 11.3 Å². The van der Waals surface area contributed by atoms with E-state index in [1.807, 2.05) is 24.4 Å². The number of nitrogens with zero attached hydrogens (tertiary/aromatic N) is 2. The first-order chi connectivity index (χ1) is 17.4. The molecule has 0 aliphatic carbocycles. The molecule has 0 fully saturated rings. The lowest BCUT2D eigenvalue weighted by atomic mass is 10.0. The molecule has 2 heterocycles. The van der Waals surface area contributed by atoms with Crippen LogP contribution in [-0.4, -0.2) is 9.55 Å². The Morgan fingerprint density at radius 3 is 2.53 bits per heavy atom. The van der Waals surface area contributed by atoms with Crippen molar-refractivity contribution in [2.45, 2.75) is 6.54 Å². The van der Waals surface area contributed by atoms with Crippen molar-refractivity contribution in [2.24, 2.45) is 7.05 Å². The third-order valence-corrected chi connectivity index (χ3v) is 5.86. The molecule has 5 aromatic rings. The van der Waals surface area contributed by atoms with Crippen molar-refractivity contribution < 1.29 is 13.5 Å². The van der Waals surface area contributed by atoms with Crippen molar-refractivity contribution in [3.8, 4) is 28.7 Å². The van der Waals surface area contributed by atoms with E-state index in [0.29, 0.717) is 34.3 Å². The van der Waals surface area contributed by atoms with Gasteiger partial charge in [0.15, 0.2) is 11.6 Å². The Hall–Kier alpha value is -4.90. The molecule has 3 aromatic carbocycles. The van der Waals surface area contributed by atoms with Gasteiger partial charge in [-0.05, 0) is 54.1 Å². The SMILES string of the molecule is Cn1cc(-c2cc(NCc3ccc(C#N)cc3)ccc2Oc2ccc(F)cc2F)c2cc[nH]c(=O)c21. The number of hydrogen-bond donors (Lipinski definition) is 2. The van der Waals surface area contributed by atoms with Gasteiger partial charge in [0.1, 0.15) is 17.1 Å². The molecular weight excluding hydrogens is 462 g/mol. The molecule has 36 heavy (non-hydrogen) atoms. The molecule has 0 saturated carbocycles. The predicted molar refractivity (Wildman–Crippen MR) is 134 cm³/mol. The number of H-pyrrole nitrogens is 1. The van der Waals surface area contributed by atoms with Crippen LogP contribution in [0.25, 0.3) is 22.0 Å². The normalized spacial score (nSPS) is 10.8. The van der Waals surface area contributed by atoms with Gasteiger partial charge in [-0.3, -0.25) is 4.79 Å². The van der Waals surface area contributed by atoms with E-state index >= 15 is 0 Å². The van der Waals surface area contributed by atoms with Crippen molar-refractivity contribution in [2.75, 3.05) is 5.32 Å². The summed E-state index contributed by atoms with van der Waals surface area (Å²) in [7, 11) is 1.77. The maximum absolute atomic E-state index is 14.4. The molecule has 178 valence electrons. The summed E-state index contributed by atoms with van der Waals surface area (Å²) in [6.07, 6.45) is 3.38. The Balaban J connectivity index is 1.57. The molecule has 0 spiro atoms. The minimum absolute atomic E-state index is 0.117. The highest BCUT2D eigenvalue weighted by Crippen LogP contribution is 2.39. The average molecular weight is 482 g/mol. The maximum atomic E-state index is 14.4. The van der Waals surface area contributed by atoms with Gasteiger partial charge in [0, 0.05) is 54.3 Å². The van der Waals surface area contributed by atoms with Crippen LogP contribution in [0.2, 0.25) is 0 Å². The van der Waals surface area contributed by atoms with Crippen molar-refractivity contribution in [3.05, 3.63) is 112 Å². The highest BCUT2D eigenvalue weighted by atomic mass is 19.1. The van der Waals surface area contributed by atoms with Gasteiger partial charge in [-0.25, -0.2) is 8.78 Å². The second-order valence-corrected chi connectivity index (χ2v) is 8.27. The van der Waals surface area contributed by atoms with Gasteiger partial charge in [0.25, 0.3) is 5.56 Å². The molecule has 5 rings (SSSR count). The highest BCUT2D eigenvalue weighted by molar-refractivity contribution is 5.97. The molecule has 0 saturated heterocycles. The minimum atomic E-state index is -0.821. The third kappa shape index (κ3) is 4.42. The lowest BCUT2D eigenvalue weighted by molar-refractivity contribution is 0.439. The number of rotatable bonds is 6. The predicted octanol–water partition coefficient (Wildman–Crippen LogP) is 6.09. The zero-order valence-electron chi connectivity index (χ0n) is 19.2. The average Bonchev–Trinajstić information content (AvgIpc) is 3.22. The fraction of sp³-hybridized carbons (Fsp3) is 0.0714. The number of anilines is 1. The Kier molecular flexibility index (Phi) is 5.97. The van der Waals surface area contributed by atoms with E-state index in [1.165, 1.54) is 6.07 Å². The first kappa shape index (κ1) is 22.9. The first-order valence-electron chi connectivity index (χ1n) is 11.1. The van der Waals surface area contributed by atoms with E-state index in [9.17, 15) is 13.6 Å². The van der Waals surface area contributed by atoms with Gasteiger partial charge in [-0.15, -0.1) is 0 Å². The monoisotopic (exact) mass is 482 g/mol. The summed E-state index contributed by atoms with van der Waals surface area (Å²) in [4.78, 5) is 15.1. The zero-order valence-corrected chi connectivity index (χ0v) is 19.2. The van der Waals surface area contributed by atoms with E-state index in [2.05, 4.69) is 16.4 Å². The molecule has 0 bridgehead atoms. The lowest BCUT2D eigenvalue weighted by Gasteiger charge is -2.15. The molecule has 0 unspecified atom stereocenters. The molecule has 0 atom stereocenters. The van der Waals surface area contributed by atoms with Crippen LogP contribution in [0.4, 0.5) is 14.5 Å². The minimum Gasteiger partial charge on any atom is -0.454 e. The van der Waals surface area contributed by atoms with Crippen LogP contribution in [0.5, 0.6) is 11.5 Å². The standard InChI is InChI=1S/C28H20F2N4O2/c1-34-16-23(21-10-11-32-28(35)27(21)34)22-13-20(33-15-18-4-2-17(14-31)3-5-18)7-9-25(22)36-26-8-6-19(29)12-24(26)30/h2-13,16,33H,15H2,1H3,(H,32,35). The van der Waals surface area contributed by atoms with Gasteiger partial charge in [-0.2, -0.15) is 5.26 Å². The summed E-state index contributed by atoms with van der Waals surface area (Å²) in [5, 5.41) is 13.0. The van der Waals surface area contributed by atoms with Crippen LogP contribution in [-0.2, 0) is 13.6 Å². The Morgan fingerprint density at radius 1 is 1.00 bits per heavy atom. The lowest BCUT2D eigenvalue weighted by Crippen LogP contribution is -2.07. The maximum Gasteiger partial charge on any atom is 0.272 e. The molecule has 0 amide bonds. The topological polar surface area (TPSA) is 82.8 Å². The molecule has 0 aliphatic rings. The Labute approximate surface area is 205 Å². The second kappa shape index (κ2) is 9.39. The fourth-order valence-electron chi connectivity index (χ4n) is 4.10. The molecule has 8 heteroatoms. The van der Waals surface area contributed by atoms with Crippen LogP contribution in [0.3, 0.4) is 0 Å². The number of halogens is 2.